The lowest BCUT2D eigenvalue weighted by Gasteiger charge is -2.08. The molecular weight excluding hydrogens is 264 g/mol. The zero-order chi connectivity index (χ0) is 15.0. The molecule has 0 spiro atoms. The van der Waals surface area contributed by atoms with Crippen molar-refractivity contribution in [2.75, 3.05) is 0 Å². The molecule has 0 unspecified atom stereocenters. The fourth-order valence-electron chi connectivity index (χ4n) is 2.53. The van der Waals surface area contributed by atoms with Crippen molar-refractivity contribution in [3.8, 4) is 0 Å². The van der Waals surface area contributed by atoms with Gasteiger partial charge >= 0.3 is 0 Å². The molecule has 5 nitrogen and oxygen atoms in total. The van der Waals surface area contributed by atoms with Crippen LogP contribution in [-0.4, -0.2) is 19.5 Å². The van der Waals surface area contributed by atoms with Crippen molar-refractivity contribution in [2.45, 2.75) is 33.7 Å². The van der Waals surface area contributed by atoms with Gasteiger partial charge in [-0.05, 0) is 25.0 Å². The van der Waals surface area contributed by atoms with Gasteiger partial charge in [-0.3, -0.25) is 4.79 Å². The standard InChI is InChI=1S/C16H18N4O/c1-4-13-18-15-14(16(21)19-13)20(9-17-15)8-12-6-5-10(2)7-11(12)3/h5-7,9H,4,8H2,1-3H3,(H,18,19,21). The summed E-state index contributed by atoms with van der Waals surface area (Å²) >= 11 is 0. The van der Waals surface area contributed by atoms with Crippen LogP contribution in [0.4, 0.5) is 0 Å². The topological polar surface area (TPSA) is 63.6 Å². The number of benzene rings is 1. The molecule has 108 valence electrons. The number of imidazole rings is 1. The van der Waals surface area contributed by atoms with E-state index in [2.05, 4.69) is 47.0 Å². The molecule has 0 aliphatic carbocycles. The molecule has 0 aliphatic heterocycles. The third-order valence-corrected chi connectivity index (χ3v) is 3.71. The van der Waals surface area contributed by atoms with Gasteiger partial charge in [-0.2, -0.15) is 0 Å². The third-order valence-electron chi connectivity index (χ3n) is 3.71. The highest BCUT2D eigenvalue weighted by molar-refractivity contribution is 5.69. The van der Waals surface area contributed by atoms with Gasteiger partial charge in [0.25, 0.3) is 5.56 Å². The van der Waals surface area contributed by atoms with Crippen molar-refractivity contribution in [1.29, 1.82) is 0 Å². The van der Waals surface area contributed by atoms with Crippen molar-refractivity contribution < 1.29 is 0 Å². The predicted octanol–water partition coefficient (Wildman–Crippen LogP) is 2.35. The van der Waals surface area contributed by atoms with E-state index in [-0.39, 0.29) is 5.56 Å². The number of aromatic nitrogens is 4. The second kappa shape index (κ2) is 5.16. The molecule has 3 aromatic rings. The number of hydrogen-bond acceptors (Lipinski definition) is 3. The van der Waals surface area contributed by atoms with Gasteiger partial charge in [-0.25, -0.2) is 9.97 Å². The van der Waals surface area contributed by atoms with Crippen molar-refractivity contribution in [1.82, 2.24) is 19.5 Å². The summed E-state index contributed by atoms with van der Waals surface area (Å²) in [7, 11) is 0. The Bertz CT molecular complexity index is 860. The number of H-pyrrole nitrogens is 1. The Labute approximate surface area is 122 Å². The fraction of sp³-hybridized carbons (Fsp3) is 0.312. The zero-order valence-corrected chi connectivity index (χ0v) is 12.5. The maximum absolute atomic E-state index is 12.2. The first kappa shape index (κ1) is 13.5. The molecule has 0 aliphatic rings. The number of aromatic amines is 1. The monoisotopic (exact) mass is 282 g/mol. The van der Waals surface area contributed by atoms with E-state index in [0.717, 1.165) is 0 Å². The van der Waals surface area contributed by atoms with Crippen LogP contribution in [0, 0.1) is 13.8 Å². The number of hydrogen-bond donors (Lipinski definition) is 1. The molecule has 1 N–H and O–H groups in total. The highest BCUT2D eigenvalue weighted by atomic mass is 16.1. The van der Waals surface area contributed by atoms with Gasteiger partial charge in [0.2, 0.25) is 0 Å². The summed E-state index contributed by atoms with van der Waals surface area (Å²) < 4.78 is 1.86. The lowest BCUT2D eigenvalue weighted by atomic mass is 10.1. The minimum absolute atomic E-state index is 0.126. The van der Waals surface area contributed by atoms with Crippen molar-refractivity contribution >= 4 is 11.2 Å². The fourth-order valence-corrected chi connectivity index (χ4v) is 2.53. The SMILES string of the molecule is CCc1nc2ncn(Cc3ccc(C)cc3C)c2c(=O)[nH]1. The zero-order valence-electron chi connectivity index (χ0n) is 12.5. The van der Waals surface area contributed by atoms with Crippen LogP contribution in [0.3, 0.4) is 0 Å². The Balaban J connectivity index is 2.07. The average molecular weight is 282 g/mol. The second-order valence-electron chi connectivity index (χ2n) is 5.34. The summed E-state index contributed by atoms with van der Waals surface area (Å²) in [5, 5.41) is 0. The summed E-state index contributed by atoms with van der Waals surface area (Å²) in [6.45, 7) is 6.74. The lowest BCUT2D eigenvalue weighted by Crippen LogP contribution is -2.15. The Kier molecular flexibility index (Phi) is 3.33. The first-order valence-electron chi connectivity index (χ1n) is 7.08. The van der Waals surface area contributed by atoms with Crippen LogP contribution in [0.15, 0.2) is 29.3 Å². The molecule has 0 saturated heterocycles. The largest absolute Gasteiger partial charge is 0.320 e. The smallest absolute Gasteiger partial charge is 0.277 e. The number of nitrogens with one attached hydrogen (secondary N) is 1. The van der Waals surface area contributed by atoms with E-state index in [1.165, 1.54) is 16.7 Å². The van der Waals surface area contributed by atoms with Gasteiger partial charge in [0.05, 0.1) is 6.33 Å². The van der Waals surface area contributed by atoms with E-state index >= 15 is 0 Å². The first-order chi connectivity index (χ1) is 10.1. The Morgan fingerprint density at radius 2 is 2.10 bits per heavy atom. The van der Waals surface area contributed by atoms with E-state index < -0.39 is 0 Å². The van der Waals surface area contributed by atoms with Gasteiger partial charge in [0, 0.05) is 13.0 Å². The van der Waals surface area contributed by atoms with Crippen LogP contribution in [0.5, 0.6) is 0 Å². The minimum atomic E-state index is -0.126. The summed E-state index contributed by atoms with van der Waals surface area (Å²) in [6.07, 6.45) is 2.38. The van der Waals surface area contributed by atoms with Crippen molar-refractivity contribution in [3.63, 3.8) is 0 Å². The van der Waals surface area contributed by atoms with Crippen LogP contribution in [0.2, 0.25) is 0 Å². The lowest BCUT2D eigenvalue weighted by molar-refractivity contribution is 0.811. The highest BCUT2D eigenvalue weighted by Gasteiger charge is 2.11. The Hall–Kier alpha value is -2.43. The van der Waals surface area contributed by atoms with Crippen molar-refractivity contribution in [3.05, 3.63) is 57.4 Å². The molecule has 21 heavy (non-hydrogen) atoms. The summed E-state index contributed by atoms with van der Waals surface area (Å²) in [6, 6.07) is 6.32. The quantitative estimate of drug-likeness (QED) is 0.802. The average Bonchev–Trinajstić information content (AvgIpc) is 2.85. The normalized spacial score (nSPS) is 11.2. The third kappa shape index (κ3) is 2.46. The highest BCUT2D eigenvalue weighted by Crippen LogP contribution is 2.14. The van der Waals surface area contributed by atoms with Crippen LogP contribution >= 0.6 is 0 Å². The second-order valence-corrected chi connectivity index (χ2v) is 5.34. The van der Waals surface area contributed by atoms with Crippen LogP contribution < -0.4 is 5.56 Å². The molecule has 2 heterocycles. The molecule has 0 saturated carbocycles. The number of nitrogens with zero attached hydrogens (tertiary/aromatic N) is 3. The Morgan fingerprint density at radius 3 is 2.81 bits per heavy atom. The van der Waals surface area contributed by atoms with Gasteiger partial charge in [-0.15, -0.1) is 0 Å². The van der Waals surface area contributed by atoms with Gasteiger partial charge in [-0.1, -0.05) is 30.7 Å². The van der Waals surface area contributed by atoms with Crippen molar-refractivity contribution in [2.24, 2.45) is 0 Å². The van der Waals surface area contributed by atoms with E-state index in [9.17, 15) is 4.79 Å². The predicted molar refractivity (Wildman–Crippen MR) is 82.5 cm³/mol. The molecule has 0 amide bonds. The van der Waals surface area contributed by atoms with E-state index in [4.69, 9.17) is 0 Å². The van der Waals surface area contributed by atoms with E-state index in [1.807, 2.05) is 11.5 Å². The molecule has 0 fully saturated rings. The van der Waals surface area contributed by atoms with Gasteiger partial charge < -0.3 is 9.55 Å². The van der Waals surface area contributed by atoms with E-state index in [0.29, 0.717) is 30.0 Å². The molecular formula is C16H18N4O. The summed E-state index contributed by atoms with van der Waals surface area (Å²) in [4.78, 5) is 23.7. The number of aryl methyl sites for hydroxylation is 3. The van der Waals surface area contributed by atoms with Crippen LogP contribution in [0.25, 0.3) is 11.2 Å². The summed E-state index contributed by atoms with van der Waals surface area (Å²) in [5.41, 5.74) is 4.55. The maximum atomic E-state index is 12.2. The molecule has 0 bridgehead atoms. The molecule has 1 aromatic carbocycles. The van der Waals surface area contributed by atoms with Crippen LogP contribution in [0.1, 0.15) is 29.4 Å². The van der Waals surface area contributed by atoms with E-state index in [1.54, 1.807) is 6.33 Å². The van der Waals surface area contributed by atoms with Crippen LogP contribution in [-0.2, 0) is 13.0 Å². The molecule has 3 rings (SSSR count). The molecule has 5 heteroatoms. The van der Waals surface area contributed by atoms with Gasteiger partial charge in [0.15, 0.2) is 11.2 Å². The Morgan fingerprint density at radius 1 is 1.29 bits per heavy atom. The number of fused-ring (bicyclic) bond motifs is 1. The maximum Gasteiger partial charge on any atom is 0.277 e. The molecule has 2 aromatic heterocycles. The number of rotatable bonds is 3. The minimum Gasteiger partial charge on any atom is -0.320 e. The van der Waals surface area contributed by atoms with Gasteiger partial charge in [0.1, 0.15) is 5.82 Å². The summed E-state index contributed by atoms with van der Waals surface area (Å²) in [5.74, 6) is 0.671. The molecule has 0 atom stereocenters. The molecule has 0 radical (unpaired) electrons. The first-order valence-corrected chi connectivity index (χ1v) is 7.08.